The van der Waals surface area contributed by atoms with E-state index in [4.69, 9.17) is 9.47 Å². The average molecular weight is 376 g/mol. The molecule has 2 saturated heterocycles. The first-order valence-electron chi connectivity index (χ1n) is 8.83. The summed E-state index contributed by atoms with van der Waals surface area (Å²) in [4.78, 5) is 20.1. The predicted molar refractivity (Wildman–Crippen MR) is 96.4 cm³/mol. The molecule has 0 N–H and O–H groups in total. The maximum atomic E-state index is 13.2. The van der Waals surface area contributed by atoms with Gasteiger partial charge in [0.05, 0.1) is 30.3 Å². The third kappa shape index (κ3) is 3.51. The van der Waals surface area contributed by atoms with Gasteiger partial charge < -0.3 is 14.4 Å². The Kier molecular flexibility index (Phi) is 4.77. The van der Waals surface area contributed by atoms with Gasteiger partial charge in [0.1, 0.15) is 5.82 Å². The number of piperidine rings is 1. The summed E-state index contributed by atoms with van der Waals surface area (Å²) in [5, 5.41) is 0.900. The van der Waals surface area contributed by atoms with Gasteiger partial charge in [-0.2, -0.15) is 0 Å². The number of rotatable bonds is 3. The SMILES string of the molecule is Cc1nc(-c2ccc(F)cc2)c(CC(=O)N2CCC3(CC2)OCCO3)s1. The molecule has 5 nitrogen and oxygen atoms in total. The number of nitrogens with zero attached hydrogens (tertiary/aromatic N) is 2. The molecule has 1 aromatic carbocycles. The zero-order valence-electron chi connectivity index (χ0n) is 14.7. The molecule has 2 aromatic rings. The van der Waals surface area contributed by atoms with Gasteiger partial charge >= 0.3 is 0 Å². The van der Waals surface area contributed by atoms with E-state index in [0.717, 1.165) is 21.1 Å². The summed E-state index contributed by atoms with van der Waals surface area (Å²) < 4.78 is 24.6. The number of hydrogen-bond acceptors (Lipinski definition) is 5. The van der Waals surface area contributed by atoms with E-state index in [2.05, 4.69) is 4.98 Å². The lowest BCUT2D eigenvalue weighted by atomic mass is 10.0. The third-order valence-electron chi connectivity index (χ3n) is 4.93. The van der Waals surface area contributed by atoms with Crippen LogP contribution in [0.3, 0.4) is 0 Å². The molecule has 2 aliphatic rings. The fourth-order valence-electron chi connectivity index (χ4n) is 3.55. The second kappa shape index (κ2) is 7.06. The van der Waals surface area contributed by atoms with Crippen LogP contribution in [-0.4, -0.2) is 47.9 Å². The van der Waals surface area contributed by atoms with Crippen LogP contribution in [-0.2, 0) is 20.7 Å². The molecule has 7 heteroatoms. The molecule has 0 saturated carbocycles. The Hall–Kier alpha value is -1.83. The van der Waals surface area contributed by atoms with Crippen LogP contribution in [0.2, 0.25) is 0 Å². The molecule has 26 heavy (non-hydrogen) atoms. The lowest BCUT2D eigenvalue weighted by Crippen LogP contribution is -2.47. The second-order valence-corrected chi connectivity index (χ2v) is 7.96. The van der Waals surface area contributed by atoms with Crippen molar-refractivity contribution in [2.45, 2.75) is 32.0 Å². The lowest BCUT2D eigenvalue weighted by molar-refractivity contribution is -0.187. The minimum absolute atomic E-state index is 0.0878. The van der Waals surface area contributed by atoms with Crippen LogP contribution >= 0.6 is 11.3 Å². The summed E-state index contributed by atoms with van der Waals surface area (Å²) in [5.41, 5.74) is 1.61. The zero-order valence-corrected chi connectivity index (χ0v) is 15.5. The monoisotopic (exact) mass is 376 g/mol. The second-order valence-electron chi connectivity index (χ2n) is 6.68. The van der Waals surface area contributed by atoms with Crippen molar-refractivity contribution >= 4 is 17.2 Å². The maximum absolute atomic E-state index is 13.2. The van der Waals surface area contributed by atoms with Gasteiger partial charge in [-0.25, -0.2) is 9.37 Å². The highest BCUT2D eigenvalue weighted by Crippen LogP contribution is 2.33. The van der Waals surface area contributed by atoms with Gasteiger partial charge in [-0.05, 0) is 31.2 Å². The molecule has 1 spiro atoms. The molecule has 2 aliphatic heterocycles. The van der Waals surface area contributed by atoms with E-state index < -0.39 is 5.79 Å². The highest BCUT2D eigenvalue weighted by atomic mass is 32.1. The van der Waals surface area contributed by atoms with Crippen LogP contribution in [0.25, 0.3) is 11.3 Å². The molecule has 1 aromatic heterocycles. The van der Waals surface area contributed by atoms with E-state index in [-0.39, 0.29) is 11.7 Å². The molecular formula is C19H21FN2O3S. The molecule has 1 amide bonds. The molecular weight excluding hydrogens is 355 g/mol. The van der Waals surface area contributed by atoms with Gasteiger partial charge in [-0.1, -0.05) is 0 Å². The van der Waals surface area contributed by atoms with Crippen LogP contribution in [0, 0.1) is 12.7 Å². The van der Waals surface area contributed by atoms with Crippen molar-refractivity contribution < 1.29 is 18.7 Å². The Morgan fingerprint density at radius 3 is 2.54 bits per heavy atom. The van der Waals surface area contributed by atoms with E-state index in [1.165, 1.54) is 23.5 Å². The fourth-order valence-corrected chi connectivity index (χ4v) is 4.50. The number of carbonyl (C=O) groups is 1. The zero-order chi connectivity index (χ0) is 18.1. The van der Waals surface area contributed by atoms with Crippen molar-refractivity contribution in [2.75, 3.05) is 26.3 Å². The minimum atomic E-state index is -0.475. The lowest BCUT2D eigenvalue weighted by Gasteiger charge is -2.37. The molecule has 138 valence electrons. The number of ether oxygens (including phenoxy) is 2. The molecule has 2 fully saturated rings. The first-order valence-corrected chi connectivity index (χ1v) is 9.64. The minimum Gasteiger partial charge on any atom is -0.347 e. The highest BCUT2D eigenvalue weighted by molar-refractivity contribution is 7.12. The van der Waals surface area contributed by atoms with Gasteiger partial charge in [0.2, 0.25) is 5.91 Å². The Labute approximate surface area is 155 Å². The van der Waals surface area contributed by atoms with Gasteiger partial charge in [-0.15, -0.1) is 11.3 Å². The Balaban J connectivity index is 1.46. The van der Waals surface area contributed by atoms with Crippen molar-refractivity contribution in [2.24, 2.45) is 0 Å². The Bertz CT molecular complexity index is 790. The van der Waals surface area contributed by atoms with Crippen LogP contribution in [0.1, 0.15) is 22.7 Å². The number of thiazole rings is 1. The van der Waals surface area contributed by atoms with E-state index in [1.807, 2.05) is 11.8 Å². The van der Waals surface area contributed by atoms with Crippen LogP contribution in [0.15, 0.2) is 24.3 Å². The van der Waals surface area contributed by atoms with Crippen molar-refractivity contribution in [3.05, 3.63) is 40.0 Å². The van der Waals surface area contributed by atoms with E-state index in [1.54, 1.807) is 12.1 Å². The van der Waals surface area contributed by atoms with Gasteiger partial charge in [0.15, 0.2) is 5.79 Å². The number of halogens is 1. The summed E-state index contributed by atoms with van der Waals surface area (Å²) in [5.74, 6) is -0.668. The van der Waals surface area contributed by atoms with Crippen molar-refractivity contribution in [1.82, 2.24) is 9.88 Å². The normalized spacial score (nSPS) is 19.2. The van der Waals surface area contributed by atoms with E-state index in [9.17, 15) is 9.18 Å². The summed E-state index contributed by atoms with van der Waals surface area (Å²) in [6.07, 6.45) is 1.74. The van der Waals surface area contributed by atoms with E-state index >= 15 is 0 Å². The summed E-state index contributed by atoms with van der Waals surface area (Å²) in [6, 6.07) is 6.25. The summed E-state index contributed by atoms with van der Waals surface area (Å²) in [6.45, 7) is 4.47. The quantitative estimate of drug-likeness (QED) is 0.826. The number of hydrogen-bond donors (Lipinski definition) is 0. The number of likely N-dealkylation sites (tertiary alicyclic amines) is 1. The molecule has 0 unspecified atom stereocenters. The fraction of sp³-hybridized carbons (Fsp3) is 0.474. The number of aromatic nitrogens is 1. The highest BCUT2D eigenvalue weighted by Gasteiger charge is 2.40. The standard InChI is InChI=1S/C19H21FN2O3S/c1-13-21-18(14-2-4-15(20)5-3-14)16(26-13)12-17(23)22-8-6-19(7-9-22)24-10-11-25-19/h2-5H,6-12H2,1H3. The smallest absolute Gasteiger partial charge is 0.227 e. The van der Waals surface area contributed by atoms with Gasteiger partial charge in [-0.3, -0.25) is 4.79 Å². The molecule has 0 aliphatic carbocycles. The largest absolute Gasteiger partial charge is 0.347 e. The number of amides is 1. The van der Waals surface area contributed by atoms with Crippen molar-refractivity contribution in [3.8, 4) is 11.3 Å². The van der Waals surface area contributed by atoms with Gasteiger partial charge in [0.25, 0.3) is 0 Å². The first-order chi connectivity index (χ1) is 12.5. The molecule has 4 rings (SSSR count). The summed E-state index contributed by atoms with van der Waals surface area (Å²) >= 11 is 1.52. The Morgan fingerprint density at radius 1 is 1.23 bits per heavy atom. The Morgan fingerprint density at radius 2 is 1.88 bits per heavy atom. The third-order valence-corrected chi connectivity index (χ3v) is 5.90. The maximum Gasteiger partial charge on any atom is 0.227 e. The summed E-state index contributed by atoms with van der Waals surface area (Å²) in [7, 11) is 0. The number of aryl methyl sites for hydroxylation is 1. The number of benzene rings is 1. The molecule has 0 radical (unpaired) electrons. The molecule has 0 bridgehead atoms. The van der Waals surface area contributed by atoms with Crippen molar-refractivity contribution in [3.63, 3.8) is 0 Å². The average Bonchev–Trinajstić information content (AvgIpc) is 3.23. The van der Waals surface area contributed by atoms with Gasteiger partial charge in [0, 0.05) is 36.4 Å². The first kappa shape index (κ1) is 17.6. The molecule has 0 atom stereocenters. The van der Waals surface area contributed by atoms with Crippen molar-refractivity contribution in [1.29, 1.82) is 0 Å². The molecule has 3 heterocycles. The predicted octanol–water partition coefficient (Wildman–Crippen LogP) is 3.17. The number of carbonyl (C=O) groups excluding carboxylic acids is 1. The van der Waals surface area contributed by atoms with Crippen LogP contribution in [0.5, 0.6) is 0 Å². The van der Waals surface area contributed by atoms with Crippen LogP contribution in [0.4, 0.5) is 4.39 Å². The van der Waals surface area contributed by atoms with E-state index in [0.29, 0.717) is 45.6 Å². The van der Waals surface area contributed by atoms with Crippen LogP contribution < -0.4 is 0 Å². The topological polar surface area (TPSA) is 51.7 Å².